The van der Waals surface area contributed by atoms with E-state index in [2.05, 4.69) is 15.5 Å². The zero-order valence-electron chi connectivity index (χ0n) is 21.6. The molecular formula is C31H24ClN3O5. The molecule has 200 valence electrons. The maximum Gasteiger partial charge on any atom is 0.343 e. The van der Waals surface area contributed by atoms with Crippen LogP contribution in [0.2, 0.25) is 5.02 Å². The van der Waals surface area contributed by atoms with Crippen LogP contribution in [0.25, 0.3) is 22.0 Å². The van der Waals surface area contributed by atoms with Gasteiger partial charge >= 0.3 is 5.97 Å². The number of H-pyrrole nitrogens is 1. The van der Waals surface area contributed by atoms with Crippen LogP contribution in [-0.2, 0) is 0 Å². The number of halogens is 1. The number of para-hydroxylation sites is 1. The molecule has 2 N–H and O–H groups in total. The normalized spacial score (nSPS) is 11.0. The van der Waals surface area contributed by atoms with E-state index in [-0.39, 0.29) is 5.75 Å². The molecule has 5 aromatic rings. The van der Waals surface area contributed by atoms with Gasteiger partial charge in [0.25, 0.3) is 5.91 Å². The third-order valence-electron chi connectivity index (χ3n) is 6.17. The third-order valence-corrected chi connectivity index (χ3v) is 6.48. The number of nitrogens with one attached hydrogen (secondary N) is 2. The van der Waals surface area contributed by atoms with Crippen molar-refractivity contribution in [3.63, 3.8) is 0 Å². The number of esters is 1. The van der Waals surface area contributed by atoms with E-state index in [1.807, 2.05) is 42.5 Å². The van der Waals surface area contributed by atoms with Gasteiger partial charge in [0.1, 0.15) is 11.4 Å². The van der Waals surface area contributed by atoms with Gasteiger partial charge in [-0.2, -0.15) is 5.10 Å². The van der Waals surface area contributed by atoms with Crippen LogP contribution in [0.3, 0.4) is 0 Å². The molecule has 8 nitrogen and oxygen atoms in total. The summed E-state index contributed by atoms with van der Waals surface area (Å²) in [5, 5.41) is 5.46. The monoisotopic (exact) mass is 553 g/mol. The summed E-state index contributed by atoms with van der Waals surface area (Å²) in [6.07, 6.45) is 1.47. The Labute approximate surface area is 235 Å². The lowest BCUT2D eigenvalue weighted by Crippen LogP contribution is -2.18. The smallest absolute Gasteiger partial charge is 0.343 e. The molecule has 9 heteroatoms. The Morgan fingerprint density at radius 3 is 2.38 bits per heavy atom. The molecule has 0 aliphatic rings. The number of aromatic amines is 1. The van der Waals surface area contributed by atoms with E-state index in [0.717, 1.165) is 16.5 Å². The molecule has 0 aliphatic carbocycles. The van der Waals surface area contributed by atoms with Crippen molar-refractivity contribution >= 4 is 40.6 Å². The Kier molecular flexibility index (Phi) is 7.80. The molecule has 40 heavy (non-hydrogen) atoms. The molecule has 1 heterocycles. The Morgan fingerprint density at radius 2 is 1.65 bits per heavy atom. The summed E-state index contributed by atoms with van der Waals surface area (Å²) in [5.74, 6) is 0.233. The standard InChI is InChI=1S/C31H24ClN3O5/c1-38-22-14-12-21(13-15-22)31(37)40-25-16-11-19(17-26(25)39-2)18-33-35-30(36)29-27(20-7-4-3-5-8-20)23-9-6-10-24(32)28(23)34-29/h3-18,34H,1-2H3,(H,35,36). The highest BCUT2D eigenvalue weighted by atomic mass is 35.5. The third kappa shape index (κ3) is 5.52. The topological polar surface area (TPSA) is 102 Å². The highest BCUT2D eigenvalue weighted by Crippen LogP contribution is 2.35. The number of methoxy groups -OCH3 is 2. The summed E-state index contributed by atoms with van der Waals surface area (Å²) in [7, 11) is 3.02. The SMILES string of the molecule is COc1ccc(C(=O)Oc2ccc(C=NNC(=O)c3[nH]c4c(Cl)cccc4c3-c3ccccc3)cc2OC)cc1. The molecule has 0 radical (unpaired) electrons. The summed E-state index contributed by atoms with van der Waals surface area (Å²) >= 11 is 6.40. The molecule has 0 spiro atoms. The molecule has 1 amide bonds. The first-order valence-electron chi connectivity index (χ1n) is 12.2. The number of rotatable bonds is 8. The molecular weight excluding hydrogens is 530 g/mol. The van der Waals surface area contributed by atoms with Crippen LogP contribution in [0, 0.1) is 0 Å². The maximum atomic E-state index is 13.2. The fraction of sp³-hybridized carbons (Fsp3) is 0.0645. The van der Waals surface area contributed by atoms with Gasteiger partial charge in [0.2, 0.25) is 0 Å². The van der Waals surface area contributed by atoms with E-state index in [0.29, 0.717) is 38.9 Å². The molecule has 4 aromatic carbocycles. The van der Waals surface area contributed by atoms with Gasteiger partial charge in [0, 0.05) is 10.9 Å². The number of benzene rings is 4. The average Bonchev–Trinajstić information content (AvgIpc) is 3.39. The highest BCUT2D eigenvalue weighted by molar-refractivity contribution is 6.36. The van der Waals surface area contributed by atoms with Gasteiger partial charge in [-0.25, -0.2) is 10.2 Å². The van der Waals surface area contributed by atoms with Gasteiger partial charge in [0.15, 0.2) is 11.5 Å². The van der Waals surface area contributed by atoms with Crippen LogP contribution in [0.15, 0.2) is 96.1 Å². The maximum absolute atomic E-state index is 13.2. The number of carbonyl (C=O) groups excluding carboxylic acids is 2. The second-order valence-corrected chi connectivity index (χ2v) is 9.04. The second-order valence-electron chi connectivity index (χ2n) is 8.63. The van der Waals surface area contributed by atoms with Crippen molar-refractivity contribution in [2.24, 2.45) is 5.10 Å². The van der Waals surface area contributed by atoms with Gasteiger partial charge in [0.05, 0.1) is 36.5 Å². The number of carbonyl (C=O) groups is 2. The van der Waals surface area contributed by atoms with Gasteiger partial charge < -0.3 is 19.2 Å². The van der Waals surface area contributed by atoms with Crippen molar-refractivity contribution in [2.75, 3.05) is 14.2 Å². The van der Waals surface area contributed by atoms with Crippen molar-refractivity contribution < 1.29 is 23.8 Å². The number of aromatic nitrogens is 1. The van der Waals surface area contributed by atoms with Crippen LogP contribution in [0.1, 0.15) is 26.4 Å². The van der Waals surface area contributed by atoms with E-state index in [4.69, 9.17) is 25.8 Å². The Hall–Kier alpha value is -5.08. The van der Waals surface area contributed by atoms with Crippen molar-refractivity contribution in [1.82, 2.24) is 10.4 Å². The molecule has 1 aromatic heterocycles. The molecule has 0 saturated heterocycles. The summed E-state index contributed by atoms with van der Waals surface area (Å²) in [4.78, 5) is 28.9. The predicted molar refractivity (Wildman–Crippen MR) is 155 cm³/mol. The van der Waals surface area contributed by atoms with Crippen LogP contribution in [0.4, 0.5) is 0 Å². The predicted octanol–water partition coefficient (Wildman–Crippen LogP) is 6.49. The van der Waals surface area contributed by atoms with E-state index >= 15 is 0 Å². The van der Waals surface area contributed by atoms with Crippen molar-refractivity contribution in [3.8, 4) is 28.4 Å². The summed E-state index contributed by atoms with van der Waals surface area (Å²) < 4.78 is 16.0. The largest absolute Gasteiger partial charge is 0.497 e. The Balaban J connectivity index is 1.33. The molecule has 0 atom stereocenters. The molecule has 0 bridgehead atoms. The lowest BCUT2D eigenvalue weighted by Gasteiger charge is -2.10. The molecule has 0 unspecified atom stereocenters. The zero-order chi connectivity index (χ0) is 28.1. The summed E-state index contributed by atoms with van der Waals surface area (Å²) in [6, 6.07) is 26.6. The fourth-order valence-corrected chi connectivity index (χ4v) is 4.43. The van der Waals surface area contributed by atoms with E-state index in [1.165, 1.54) is 13.3 Å². The van der Waals surface area contributed by atoms with Crippen molar-refractivity contribution in [1.29, 1.82) is 0 Å². The lowest BCUT2D eigenvalue weighted by molar-refractivity contribution is 0.0729. The number of ether oxygens (including phenoxy) is 3. The van der Waals surface area contributed by atoms with E-state index in [9.17, 15) is 9.59 Å². The first-order valence-corrected chi connectivity index (χ1v) is 12.6. The van der Waals surface area contributed by atoms with Crippen LogP contribution >= 0.6 is 11.6 Å². The first-order chi connectivity index (χ1) is 19.5. The Bertz CT molecular complexity index is 1710. The summed E-state index contributed by atoms with van der Waals surface area (Å²) in [5.41, 5.74) is 6.16. The number of nitrogens with zero attached hydrogens (tertiary/aromatic N) is 1. The Morgan fingerprint density at radius 1 is 0.875 bits per heavy atom. The number of hydrogen-bond donors (Lipinski definition) is 2. The molecule has 0 fully saturated rings. The zero-order valence-corrected chi connectivity index (χ0v) is 22.4. The number of fused-ring (bicyclic) bond motifs is 1. The van der Waals surface area contributed by atoms with Crippen LogP contribution in [0.5, 0.6) is 17.2 Å². The molecule has 5 rings (SSSR count). The van der Waals surface area contributed by atoms with E-state index < -0.39 is 11.9 Å². The summed E-state index contributed by atoms with van der Waals surface area (Å²) in [6.45, 7) is 0. The quantitative estimate of drug-likeness (QED) is 0.0989. The number of hydrogen-bond acceptors (Lipinski definition) is 6. The van der Waals surface area contributed by atoms with E-state index in [1.54, 1.807) is 55.6 Å². The van der Waals surface area contributed by atoms with Crippen molar-refractivity contribution in [2.45, 2.75) is 0 Å². The first kappa shape index (κ1) is 26.5. The minimum Gasteiger partial charge on any atom is -0.497 e. The van der Waals surface area contributed by atoms with Crippen LogP contribution < -0.4 is 19.6 Å². The minimum absolute atomic E-state index is 0.243. The average molecular weight is 554 g/mol. The van der Waals surface area contributed by atoms with Gasteiger partial charge in [-0.3, -0.25) is 4.79 Å². The minimum atomic E-state index is -0.540. The second kappa shape index (κ2) is 11.8. The number of amides is 1. The highest BCUT2D eigenvalue weighted by Gasteiger charge is 2.20. The lowest BCUT2D eigenvalue weighted by atomic mass is 10.0. The van der Waals surface area contributed by atoms with Gasteiger partial charge in [-0.05, 0) is 59.7 Å². The molecule has 0 aliphatic heterocycles. The molecule has 0 saturated carbocycles. The van der Waals surface area contributed by atoms with Crippen LogP contribution in [-0.4, -0.2) is 37.3 Å². The number of hydrazone groups is 1. The van der Waals surface area contributed by atoms with Gasteiger partial charge in [-0.15, -0.1) is 0 Å². The van der Waals surface area contributed by atoms with Crippen molar-refractivity contribution in [3.05, 3.63) is 113 Å². The van der Waals surface area contributed by atoms with Gasteiger partial charge in [-0.1, -0.05) is 54.1 Å². The fourth-order valence-electron chi connectivity index (χ4n) is 4.21.